The number of rotatable bonds is 5. The Balaban J connectivity index is 1.44. The molecular formula is C22H30F2Si. The second kappa shape index (κ2) is 9.11. The highest BCUT2D eigenvalue weighted by Gasteiger charge is 2.23. The molecule has 0 amide bonds. The first-order valence-electron chi connectivity index (χ1n) is 9.93. The summed E-state index contributed by atoms with van der Waals surface area (Å²) in [5.74, 6) is 1.40. The van der Waals surface area contributed by atoms with Crippen LogP contribution in [-0.4, -0.2) is 9.52 Å². The van der Waals surface area contributed by atoms with E-state index in [9.17, 15) is 8.78 Å². The highest BCUT2D eigenvalue weighted by Crippen LogP contribution is 2.38. The van der Waals surface area contributed by atoms with E-state index in [0.717, 1.165) is 39.8 Å². The van der Waals surface area contributed by atoms with Crippen LogP contribution in [0.25, 0.3) is 0 Å². The van der Waals surface area contributed by atoms with Crippen LogP contribution in [-0.2, 0) is 0 Å². The van der Waals surface area contributed by atoms with Crippen LogP contribution in [0.15, 0.2) is 30.4 Å². The van der Waals surface area contributed by atoms with E-state index in [1.165, 1.54) is 56.7 Å². The quantitative estimate of drug-likeness (QED) is 0.401. The first kappa shape index (κ1) is 18.8. The summed E-state index contributed by atoms with van der Waals surface area (Å²) in [6, 6.07) is 5.86. The molecule has 2 radical (unpaired) electrons. The van der Waals surface area contributed by atoms with Gasteiger partial charge in [-0.2, -0.15) is 0 Å². The van der Waals surface area contributed by atoms with Gasteiger partial charge in [0, 0.05) is 9.52 Å². The molecule has 2 fully saturated rings. The lowest BCUT2D eigenvalue weighted by Crippen LogP contribution is -2.15. The summed E-state index contributed by atoms with van der Waals surface area (Å²) in [4.78, 5) is 0. The summed E-state index contributed by atoms with van der Waals surface area (Å²) in [6.45, 7) is 2.32. The average molecular weight is 361 g/mol. The van der Waals surface area contributed by atoms with Crippen molar-refractivity contribution < 1.29 is 8.78 Å². The van der Waals surface area contributed by atoms with Gasteiger partial charge in [-0.15, -0.1) is 0 Å². The zero-order chi connectivity index (χ0) is 17.6. The molecule has 0 saturated heterocycles. The molecule has 3 heteroatoms. The molecule has 2 aliphatic rings. The predicted molar refractivity (Wildman–Crippen MR) is 102 cm³/mol. The Morgan fingerprint density at radius 2 is 1.48 bits per heavy atom. The number of allylic oxidation sites excluding steroid dienone is 2. The monoisotopic (exact) mass is 360 g/mol. The van der Waals surface area contributed by atoms with Crippen LogP contribution in [0.4, 0.5) is 8.78 Å². The Morgan fingerprint density at radius 3 is 2.04 bits per heavy atom. The average Bonchev–Trinajstić information content (AvgIpc) is 2.64. The van der Waals surface area contributed by atoms with Crippen molar-refractivity contribution in [3.05, 3.63) is 47.5 Å². The van der Waals surface area contributed by atoms with E-state index in [1.807, 2.05) is 0 Å². The van der Waals surface area contributed by atoms with E-state index in [1.54, 1.807) is 6.07 Å². The summed E-state index contributed by atoms with van der Waals surface area (Å²) in [6.07, 6.45) is 15.1. The molecule has 0 atom stereocenters. The topological polar surface area (TPSA) is 0 Å². The molecule has 2 aliphatic carbocycles. The van der Waals surface area contributed by atoms with Crippen molar-refractivity contribution in [3.8, 4) is 0 Å². The highest BCUT2D eigenvalue weighted by molar-refractivity contribution is 6.33. The van der Waals surface area contributed by atoms with E-state index >= 15 is 0 Å². The van der Waals surface area contributed by atoms with Gasteiger partial charge >= 0.3 is 0 Å². The Bertz CT molecular complexity index is 567. The van der Waals surface area contributed by atoms with Crippen LogP contribution < -0.4 is 0 Å². The van der Waals surface area contributed by atoms with Gasteiger partial charge in [-0.05, 0) is 79.9 Å². The van der Waals surface area contributed by atoms with Gasteiger partial charge in [-0.1, -0.05) is 43.7 Å². The van der Waals surface area contributed by atoms with Crippen molar-refractivity contribution in [2.75, 3.05) is 0 Å². The first-order valence-corrected chi connectivity index (χ1v) is 11.6. The predicted octanol–water partition coefficient (Wildman–Crippen LogP) is 6.77. The van der Waals surface area contributed by atoms with Gasteiger partial charge in [0.25, 0.3) is 0 Å². The van der Waals surface area contributed by atoms with Crippen LogP contribution in [0.5, 0.6) is 0 Å². The fourth-order valence-electron chi connectivity index (χ4n) is 4.60. The second-order valence-electron chi connectivity index (χ2n) is 8.01. The smallest absolute Gasteiger partial charge is 0.159 e. The lowest BCUT2D eigenvalue weighted by Gasteiger charge is -2.29. The molecule has 0 bridgehead atoms. The van der Waals surface area contributed by atoms with Gasteiger partial charge in [0.05, 0.1) is 0 Å². The van der Waals surface area contributed by atoms with Crippen LogP contribution in [0.3, 0.4) is 0 Å². The lowest BCUT2D eigenvalue weighted by atomic mass is 9.77. The molecule has 0 spiro atoms. The van der Waals surface area contributed by atoms with Gasteiger partial charge in [0.2, 0.25) is 0 Å². The maximum Gasteiger partial charge on any atom is 0.159 e. The molecule has 0 N–H and O–H groups in total. The number of hydrogen-bond acceptors (Lipinski definition) is 0. The summed E-state index contributed by atoms with van der Waals surface area (Å²) in [5.41, 5.74) is 0.969. The minimum atomic E-state index is -0.741. The number of halogens is 2. The molecule has 0 nitrogen and oxygen atoms in total. The standard InChI is InChI=1S/C22H30F2Si/c1-25-15-18-6-4-16(5-7-18)2-3-17-8-10-19(11-9-17)20-12-13-21(23)22(24)14-20/h2-3,12-14,16-19H,4-11,15H2,1H3. The minimum absolute atomic E-state index is 0.394. The molecule has 0 heterocycles. The molecule has 136 valence electrons. The molecule has 2 saturated carbocycles. The fraction of sp³-hybridized carbons (Fsp3) is 0.636. The zero-order valence-electron chi connectivity index (χ0n) is 15.3. The fourth-order valence-corrected chi connectivity index (χ4v) is 5.58. The van der Waals surface area contributed by atoms with E-state index < -0.39 is 11.6 Å². The second-order valence-corrected chi connectivity index (χ2v) is 9.12. The van der Waals surface area contributed by atoms with E-state index in [-0.39, 0.29) is 0 Å². The Hall–Kier alpha value is -0.963. The SMILES string of the molecule is C[Si]CC1CCC(C=CC2CCC(c3ccc(F)c(F)c3)CC2)CC1. The third-order valence-electron chi connectivity index (χ3n) is 6.23. The molecular weight excluding hydrogens is 330 g/mol. The Labute approximate surface area is 153 Å². The van der Waals surface area contributed by atoms with Crippen molar-refractivity contribution in [3.63, 3.8) is 0 Å². The Morgan fingerprint density at radius 1 is 0.880 bits per heavy atom. The van der Waals surface area contributed by atoms with Crippen molar-refractivity contribution >= 4 is 9.52 Å². The van der Waals surface area contributed by atoms with Crippen molar-refractivity contribution in [2.45, 2.75) is 69.9 Å². The zero-order valence-corrected chi connectivity index (χ0v) is 16.3. The minimum Gasteiger partial charge on any atom is -0.204 e. The molecule has 0 aromatic heterocycles. The van der Waals surface area contributed by atoms with Crippen LogP contribution in [0.1, 0.15) is 62.8 Å². The maximum absolute atomic E-state index is 13.4. The van der Waals surface area contributed by atoms with Gasteiger partial charge in [0.15, 0.2) is 11.6 Å². The number of benzene rings is 1. The molecule has 3 rings (SSSR count). The van der Waals surface area contributed by atoms with Gasteiger partial charge < -0.3 is 0 Å². The molecule has 0 aliphatic heterocycles. The van der Waals surface area contributed by atoms with Crippen molar-refractivity contribution in [2.24, 2.45) is 17.8 Å². The summed E-state index contributed by atoms with van der Waals surface area (Å²) >= 11 is 0. The summed E-state index contributed by atoms with van der Waals surface area (Å²) in [7, 11) is 1.11. The van der Waals surface area contributed by atoms with Gasteiger partial charge in [-0.25, -0.2) is 8.78 Å². The highest BCUT2D eigenvalue weighted by atomic mass is 28.2. The van der Waals surface area contributed by atoms with E-state index in [0.29, 0.717) is 11.8 Å². The molecule has 0 unspecified atom stereocenters. The third-order valence-corrected chi connectivity index (χ3v) is 7.21. The normalized spacial score (nSPS) is 30.7. The van der Waals surface area contributed by atoms with Crippen LogP contribution in [0.2, 0.25) is 12.6 Å². The maximum atomic E-state index is 13.4. The van der Waals surface area contributed by atoms with Crippen LogP contribution in [0, 0.1) is 29.4 Å². The first-order chi connectivity index (χ1) is 12.2. The van der Waals surface area contributed by atoms with Gasteiger partial charge in [0.1, 0.15) is 0 Å². The molecule has 25 heavy (non-hydrogen) atoms. The van der Waals surface area contributed by atoms with Crippen molar-refractivity contribution in [1.29, 1.82) is 0 Å². The van der Waals surface area contributed by atoms with E-state index in [2.05, 4.69) is 18.7 Å². The summed E-state index contributed by atoms with van der Waals surface area (Å²) < 4.78 is 26.5. The molecule has 1 aromatic carbocycles. The van der Waals surface area contributed by atoms with Crippen LogP contribution >= 0.6 is 0 Å². The lowest BCUT2D eigenvalue weighted by molar-refractivity contribution is 0.326. The summed E-state index contributed by atoms with van der Waals surface area (Å²) in [5, 5.41) is 0. The molecule has 1 aromatic rings. The van der Waals surface area contributed by atoms with E-state index in [4.69, 9.17) is 0 Å². The Kier molecular flexibility index (Phi) is 6.86. The van der Waals surface area contributed by atoms with Gasteiger partial charge in [-0.3, -0.25) is 0 Å². The van der Waals surface area contributed by atoms with Crippen molar-refractivity contribution in [1.82, 2.24) is 0 Å². The number of hydrogen-bond donors (Lipinski definition) is 0. The largest absolute Gasteiger partial charge is 0.204 e. The third kappa shape index (κ3) is 5.26.